The quantitative estimate of drug-likeness (QED) is 0.0918. The van der Waals surface area contributed by atoms with E-state index in [0.29, 0.717) is 18.6 Å². The summed E-state index contributed by atoms with van der Waals surface area (Å²) in [6.07, 6.45) is 26.9. The number of epoxide rings is 1. The van der Waals surface area contributed by atoms with Crippen molar-refractivity contribution in [2.24, 2.45) is 0 Å². The molecule has 0 amide bonds. The number of phosphoric ester groups is 1. The second-order valence-corrected chi connectivity index (χ2v) is 9.64. The number of hydrogen-bond acceptors (Lipinski definition) is 7. The van der Waals surface area contributed by atoms with Crippen molar-refractivity contribution in [3.8, 4) is 0 Å². The van der Waals surface area contributed by atoms with E-state index in [0.717, 1.165) is 45.4 Å². The molecule has 2 N–H and O–H groups in total. The molecule has 0 spiro atoms. The van der Waals surface area contributed by atoms with Crippen LogP contribution in [0.25, 0.3) is 0 Å². The van der Waals surface area contributed by atoms with Crippen LogP contribution in [0.4, 0.5) is 0 Å². The van der Waals surface area contributed by atoms with Crippen LogP contribution < -0.4 is 0 Å². The molecule has 1 saturated heterocycles. The lowest BCUT2D eigenvalue weighted by molar-refractivity contribution is -0.159. The van der Waals surface area contributed by atoms with Crippen LogP contribution in [0.3, 0.4) is 0 Å². The minimum atomic E-state index is -4.72. The highest BCUT2D eigenvalue weighted by atomic mass is 31.2. The van der Waals surface area contributed by atoms with Crippen molar-refractivity contribution >= 4 is 19.8 Å². The molecule has 10 heteroatoms. The van der Waals surface area contributed by atoms with Gasteiger partial charge < -0.3 is 24.0 Å². The molecule has 0 aromatic carbocycles. The Kier molecular flexibility index (Phi) is 17.5. The Hall–Kier alpha value is -2.29. The van der Waals surface area contributed by atoms with Crippen LogP contribution in [0.15, 0.2) is 60.8 Å². The van der Waals surface area contributed by atoms with Gasteiger partial charge in [-0.15, -0.1) is 0 Å². The molecule has 0 radical (unpaired) electrons. The number of hydrogen-bond donors (Lipinski definition) is 2. The molecule has 0 aromatic heterocycles. The standard InChI is InChI=1S/C27H41O9P/c1-3-4-15-18-25-26(36-25)19-16-13-11-9-7-5-6-8-10-12-14-17-20-27(29)33-21-24(35-23(2)28)22-34-37(30,31)32/h4,6-9,12-16,24-26H,3,5,10-11,17-22H2,1-2H3,(H2,30,31,32)/b8-6-,9-7-,14-12-,15-4-,16-13-/t24-,25?,26?/m1/s1. The molecule has 1 fully saturated rings. The summed E-state index contributed by atoms with van der Waals surface area (Å²) in [4.78, 5) is 40.3. The lowest BCUT2D eigenvalue weighted by Crippen LogP contribution is -2.28. The van der Waals surface area contributed by atoms with Gasteiger partial charge in [0, 0.05) is 13.3 Å². The van der Waals surface area contributed by atoms with Gasteiger partial charge in [0.15, 0.2) is 6.10 Å². The minimum absolute atomic E-state index is 0.131. The molecule has 0 aromatic rings. The number of allylic oxidation sites excluding steroid dienone is 8. The minimum Gasteiger partial charge on any atom is -0.462 e. The molecule has 9 nitrogen and oxygen atoms in total. The van der Waals surface area contributed by atoms with E-state index < -0.39 is 32.5 Å². The monoisotopic (exact) mass is 540 g/mol. The lowest BCUT2D eigenvalue weighted by atomic mass is 10.1. The van der Waals surface area contributed by atoms with Crippen LogP contribution >= 0.6 is 7.82 Å². The fraction of sp³-hybridized carbons (Fsp3) is 0.556. The molecule has 1 aliphatic heterocycles. The maximum Gasteiger partial charge on any atom is 0.469 e. The first-order valence-corrected chi connectivity index (χ1v) is 14.2. The predicted molar refractivity (Wildman–Crippen MR) is 141 cm³/mol. The molecule has 1 rings (SSSR count). The van der Waals surface area contributed by atoms with Gasteiger partial charge >= 0.3 is 19.8 Å². The van der Waals surface area contributed by atoms with Crippen molar-refractivity contribution in [1.82, 2.24) is 0 Å². The van der Waals surface area contributed by atoms with Crippen molar-refractivity contribution in [3.63, 3.8) is 0 Å². The van der Waals surface area contributed by atoms with Gasteiger partial charge in [0.05, 0.1) is 18.8 Å². The van der Waals surface area contributed by atoms with Crippen LogP contribution in [0.1, 0.15) is 65.2 Å². The average Bonchev–Trinajstić information content (AvgIpc) is 3.58. The van der Waals surface area contributed by atoms with Crippen LogP contribution in [0.5, 0.6) is 0 Å². The largest absolute Gasteiger partial charge is 0.469 e. The Morgan fingerprint density at radius 3 is 1.95 bits per heavy atom. The van der Waals surface area contributed by atoms with E-state index in [1.165, 1.54) is 0 Å². The summed E-state index contributed by atoms with van der Waals surface area (Å²) in [5.74, 6) is -1.19. The van der Waals surface area contributed by atoms with Gasteiger partial charge in [-0.05, 0) is 44.9 Å². The highest BCUT2D eigenvalue weighted by molar-refractivity contribution is 7.46. The number of carbonyl (C=O) groups is 2. The van der Waals surface area contributed by atoms with Crippen molar-refractivity contribution in [2.45, 2.75) is 83.5 Å². The Labute approximate surface area is 220 Å². The summed E-state index contributed by atoms with van der Waals surface area (Å²) >= 11 is 0. The molecule has 1 aliphatic rings. The second-order valence-electron chi connectivity index (χ2n) is 8.40. The van der Waals surface area contributed by atoms with E-state index >= 15 is 0 Å². The van der Waals surface area contributed by atoms with Gasteiger partial charge in [0.25, 0.3) is 0 Å². The van der Waals surface area contributed by atoms with Gasteiger partial charge in [0.2, 0.25) is 0 Å². The summed E-state index contributed by atoms with van der Waals surface area (Å²) in [6, 6.07) is 0. The van der Waals surface area contributed by atoms with E-state index in [-0.39, 0.29) is 13.0 Å². The Balaban J connectivity index is 2.06. The normalized spacial score (nSPS) is 19.0. The lowest BCUT2D eigenvalue weighted by Gasteiger charge is -2.17. The van der Waals surface area contributed by atoms with Crippen molar-refractivity contribution in [1.29, 1.82) is 0 Å². The zero-order valence-corrected chi connectivity index (χ0v) is 22.7. The van der Waals surface area contributed by atoms with Gasteiger partial charge in [-0.25, -0.2) is 4.57 Å². The van der Waals surface area contributed by atoms with E-state index in [1.54, 1.807) is 0 Å². The highest BCUT2D eigenvalue weighted by Crippen LogP contribution is 2.35. The number of carbonyl (C=O) groups excluding carboxylic acids is 2. The SMILES string of the molecule is CC/C=C\CC1OC1C/C=C\C/C=C\C/C=C\C/C=C\CCC(=O)OC[C@H](COP(=O)(O)O)OC(C)=O. The molecular weight excluding hydrogens is 499 g/mol. The van der Waals surface area contributed by atoms with Gasteiger partial charge in [-0.2, -0.15) is 0 Å². The number of ether oxygens (including phenoxy) is 3. The van der Waals surface area contributed by atoms with E-state index in [4.69, 9.17) is 24.0 Å². The summed E-state index contributed by atoms with van der Waals surface area (Å²) in [5.41, 5.74) is 0. The van der Waals surface area contributed by atoms with Gasteiger partial charge in [-0.3, -0.25) is 14.1 Å². The summed E-state index contributed by atoms with van der Waals surface area (Å²) in [5, 5.41) is 0. The third-order valence-electron chi connectivity index (χ3n) is 5.02. The van der Waals surface area contributed by atoms with Crippen molar-refractivity contribution < 1.29 is 42.7 Å². The molecule has 37 heavy (non-hydrogen) atoms. The molecular formula is C27H41O9P. The highest BCUT2D eigenvalue weighted by Gasteiger charge is 2.35. The fourth-order valence-corrected chi connectivity index (χ4v) is 3.50. The Morgan fingerprint density at radius 2 is 1.41 bits per heavy atom. The van der Waals surface area contributed by atoms with E-state index in [2.05, 4.69) is 60.1 Å². The van der Waals surface area contributed by atoms with Crippen LogP contribution in [0.2, 0.25) is 0 Å². The molecule has 0 saturated carbocycles. The third-order valence-corrected chi connectivity index (χ3v) is 5.50. The number of phosphoric acid groups is 1. The zero-order valence-electron chi connectivity index (χ0n) is 21.8. The zero-order chi connectivity index (χ0) is 27.4. The maximum absolute atomic E-state index is 11.8. The smallest absolute Gasteiger partial charge is 0.462 e. The summed E-state index contributed by atoms with van der Waals surface area (Å²) < 4.78 is 30.5. The molecule has 0 aliphatic carbocycles. The average molecular weight is 541 g/mol. The first-order chi connectivity index (χ1) is 17.7. The molecule has 0 bridgehead atoms. The van der Waals surface area contributed by atoms with Crippen LogP contribution in [-0.2, 0) is 32.9 Å². The Bertz CT molecular complexity index is 854. The van der Waals surface area contributed by atoms with Gasteiger partial charge in [-0.1, -0.05) is 67.7 Å². The van der Waals surface area contributed by atoms with E-state index in [1.807, 2.05) is 12.2 Å². The van der Waals surface area contributed by atoms with Crippen molar-refractivity contribution in [2.75, 3.05) is 13.2 Å². The van der Waals surface area contributed by atoms with Crippen LogP contribution in [0, 0.1) is 0 Å². The van der Waals surface area contributed by atoms with Gasteiger partial charge in [0.1, 0.15) is 6.61 Å². The topological polar surface area (TPSA) is 132 Å². The first kappa shape index (κ1) is 32.7. The molecule has 208 valence electrons. The Morgan fingerprint density at radius 1 is 0.865 bits per heavy atom. The number of esters is 2. The number of rotatable bonds is 20. The molecule has 3 atom stereocenters. The summed E-state index contributed by atoms with van der Waals surface area (Å²) in [6.45, 7) is 2.34. The van der Waals surface area contributed by atoms with E-state index in [9.17, 15) is 14.2 Å². The van der Waals surface area contributed by atoms with Crippen molar-refractivity contribution in [3.05, 3.63) is 60.8 Å². The summed E-state index contributed by atoms with van der Waals surface area (Å²) in [7, 11) is -4.72. The fourth-order valence-electron chi connectivity index (χ4n) is 3.14. The maximum atomic E-state index is 11.8. The first-order valence-electron chi connectivity index (χ1n) is 12.6. The molecule has 2 unspecified atom stereocenters. The predicted octanol–water partition coefficient (Wildman–Crippen LogP) is 5.26. The third kappa shape index (κ3) is 20.5. The molecule has 1 heterocycles. The second kappa shape index (κ2) is 19.8. The van der Waals surface area contributed by atoms with Crippen LogP contribution in [-0.4, -0.2) is 53.3 Å².